The van der Waals surface area contributed by atoms with Crippen LogP contribution >= 0.6 is 15.9 Å². The number of pyridine rings is 1. The number of hydrogen-bond donors (Lipinski definition) is 1. The number of hydrogen-bond acceptors (Lipinski definition) is 3. The molecule has 98 valence electrons. The van der Waals surface area contributed by atoms with Crippen molar-refractivity contribution in [3.8, 4) is 0 Å². The normalized spacial score (nSPS) is 10.5. The van der Waals surface area contributed by atoms with Gasteiger partial charge >= 0.3 is 0 Å². The van der Waals surface area contributed by atoms with Crippen LogP contribution in [0, 0.1) is 11.6 Å². The summed E-state index contributed by atoms with van der Waals surface area (Å²) in [5.74, 6) is -2.11. The van der Waals surface area contributed by atoms with Gasteiger partial charge in [0, 0.05) is 18.2 Å². The van der Waals surface area contributed by atoms with Crippen LogP contribution in [-0.2, 0) is 6.42 Å². The van der Waals surface area contributed by atoms with Crippen LogP contribution in [0.5, 0.6) is 0 Å². The van der Waals surface area contributed by atoms with E-state index in [4.69, 9.17) is 5.73 Å². The van der Waals surface area contributed by atoms with Crippen LogP contribution in [0.15, 0.2) is 34.9 Å². The van der Waals surface area contributed by atoms with Gasteiger partial charge in [0.15, 0.2) is 17.4 Å². The number of nitrogens with two attached hydrogens (primary N) is 1. The molecule has 0 bridgehead atoms. The molecule has 0 aliphatic carbocycles. The van der Waals surface area contributed by atoms with Crippen molar-refractivity contribution < 1.29 is 13.6 Å². The molecule has 0 amide bonds. The number of nitrogen functional groups attached to an aromatic ring is 1. The van der Waals surface area contributed by atoms with Gasteiger partial charge in [-0.3, -0.25) is 4.79 Å². The number of carbonyl (C=O) groups is 1. The lowest BCUT2D eigenvalue weighted by molar-refractivity contribution is 0.0991. The van der Waals surface area contributed by atoms with E-state index in [9.17, 15) is 13.6 Å². The molecule has 2 N–H and O–H groups in total. The standard InChI is InChI=1S/C13H9BrF2N2O/c14-12-8(1-2-9(15)13(12)16)10(19)5-7-3-4-18-11(17)6-7/h1-4,6H,5H2,(H2,17,18). The Hall–Kier alpha value is -1.82. The highest BCUT2D eigenvalue weighted by Crippen LogP contribution is 2.24. The third kappa shape index (κ3) is 2.96. The molecule has 0 unspecified atom stereocenters. The van der Waals surface area contributed by atoms with Gasteiger partial charge in [-0.05, 0) is 45.8 Å². The minimum Gasteiger partial charge on any atom is -0.384 e. The van der Waals surface area contributed by atoms with Crippen LogP contribution in [0.4, 0.5) is 14.6 Å². The fourth-order valence-corrected chi connectivity index (χ4v) is 2.17. The molecule has 0 radical (unpaired) electrons. The first kappa shape index (κ1) is 13.6. The minimum atomic E-state index is -1.07. The number of aromatic nitrogens is 1. The number of nitrogens with zero attached hydrogens (tertiary/aromatic N) is 1. The van der Waals surface area contributed by atoms with Crippen molar-refractivity contribution in [2.45, 2.75) is 6.42 Å². The quantitative estimate of drug-likeness (QED) is 0.696. The Bertz CT molecular complexity index is 647. The Kier molecular flexibility index (Phi) is 3.90. The largest absolute Gasteiger partial charge is 0.384 e. The van der Waals surface area contributed by atoms with Gasteiger partial charge in [-0.25, -0.2) is 13.8 Å². The van der Waals surface area contributed by atoms with Crippen molar-refractivity contribution in [1.82, 2.24) is 4.98 Å². The molecular weight excluding hydrogens is 318 g/mol. The third-order valence-corrected chi connectivity index (χ3v) is 3.32. The molecular formula is C13H9BrF2N2O. The van der Waals surface area contributed by atoms with Gasteiger partial charge in [0.05, 0.1) is 4.47 Å². The molecule has 2 aromatic rings. The fraction of sp³-hybridized carbons (Fsp3) is 0.0769. The van der Waals surface area contributed by atoms with Gasteiger partial charge in [-0.2, -0.15) is 0 Å². The first-order valence-corrected chi connectivity index (χ1v) is 6.15. The van der Waals surface area contributed by atoms with Gasteiger partial charge in [0.25, 0.3) is 0 Å². The lowest BCUT2D eigenvalue weighted by Gasteiger charge is -2.06. The highest BCUT2D eigenvalue weighted by molar-refractivity contribution is 9.10. The van der Waals surface area contributed by atoms with Gasteiger partial charge in [0.1, 0.15) is 5.82 Å². The summed E-state index contributed by atoms with van der Waals surface area (Å²) < 4.78 is 26.1. The Morgan fingerprint density at radius 3 is 2.74 bits per heavy atom. The summed E-state index contributed by atoms with van der Waals surface area (Å²) in [6, 6.07) is 5.37. The van der Waals surface area contributed by atoms with Crippen LogP contribution in [-0.4, -0.2) is 10.8 Å². The zero-order valence-electron chi connectivity index (χ0n) is 9.66. The summed E-state index contributed by atoms with van der Waals surface area (Å²) in [4.78, 5) is 15.8. The van der Waals surface area contributed by atoms with Crippen molar-refractivity contribution in [2.75, 3.05) is 5.73 Å². The molecule has 19 heavy (non-hydrogen) atoms. The number of rotatable bonds is 3. The summed E-state index contributed by atoms with van der Waals surface area (Å²) in [6.07, 6.45) is 1.52. The first-order valence-electron chi connectivity index (χ1n) is 5.36. The lowest BCUT2D eigenvalue weighted by atomic mass is 10.0. The highest BCUT2D eigenvalue weighted by Gasteiger charge is 2.17. The molecule has 0 aliphatic rings. The second kappa shape index (κ2) is 5.44. The smallest absolute Gasteiger partial charge is 0.173 e. The van der Waals surface area contributed by atoms with Crippen LogP contribution in [0.25, 0.3) is 0 Å². The van der Waals surface area contributed by atoms with E-state index in [1.54, 1.807) is 12.1 Å². The van der Waals surface area contributed by atoms with E-state index in [1.807, 2.05) is 0 Å². The monoisotopic (exact) mass is 326 g/mol. The molecule has 0 saturated heterocycles. The molecule has 0 spiro atoms. The molecule has 1 aromatic carbocycles. The highest BCUT2D eigenvalue weighted by atomic mass is 79.9. The van der Waals surface area contributed by atoms with Crippen molar-refractivity contribution in [1.29, 1.82) is 0 Å². The van der Waals surface area contributed by atoms with Crippen LogP contribution < -0.4 is 5.73 Å². The average molecular weight is 327 g/mol. The second-order valence-electron chi connectivity index (χ2n) is 3.91. The number of halogens is 3. The summed E-state index contributed by atoms with van der Waals surface area (Å²) in [5, 5.41) is 0. The zero-order valence-corrected chi connectivity index (χ0v) is 11.2. The predicted octanol–water partition coefficient (Wildman–Crippen LogP) is 3.13. The first-order chi connectivity index (χ1) is 8.99. The Balaban J connectivity index is 2.28. The second-order valence-corrected chi connectivity index (χ2v) is 4.70. The fourth-order valence-electron chi connectivity index (χ4n) is 1.63. The van der Waals surface area contributed by atoms with E-state index in [0.29, 0.717) is 11.4 Å². The molecule has 0 aliphatic heterocycles. The summed E-state index contributed by atoms with van der Waals surface area (Å²) in [5.41, 5.74) is 6.26. The molecule has 3 nitrogen and oxygen atoms in total. The molecule has 0 saturated carbocycles. The van der Waals surface area contributed by atoms with Crippen LogP contribution in [0.3, 0.4) is 0 Å². The van der Waals surface area contributed by atoms with E-state index in [1.165, 1.54) is 12.3 Å². The van der Waals surface area contributed by atoms with Crippen molar-refractivity contribution in [2.24, 2.45) is 0 Å². The van der Waals surface area contributed by atoms with Gasteiger partial charge < -0.3 is 5.73 Å². The molecule has 2 rings (SSSR count). The van der Waals surface area contributed by atoms with Gasteiger partial charge in [-0.1, -0.05) is 0 Å². The van der Waals surface area contributed by atoms with E-state index in [2.05, 4.69) is 20.9 Å². The van der Waals surface area contributed by atoms with Crippen molar-refractivity contribution in [3.05, 3.63) is 57.7 Å². The Morgan fingerprint density at radius 2 is 2.05 bits per heavy atom. The summed E-state index contributed by atoms with van der Waals surface area (Å²) in [7, 11) is 0. The van der Waals surface area contributed by atoms with E-state index >= 15 is 0 Å². The third-order valence-electron chi connectivity index (χ3n) is 2.55. The summed E-state index contributed by atoms with van der Waals surface area (Å²) >= 11 is 2.89. The minimum absolute atomic E-state index is 0.0381. The SMILES string of the molecule is Nc1cc(CC(=O)c2ccc(F)c(F)c2Br)ccn1. The number of benzene rings is 1. The van der Waals surface area contributed by atoms with Crippen molar-refractivity contribution >= 4 is 27.5 Å². The zero-order chi connectivity index (χ0) is 14.0. The average Bonchev–Trinajstić information content (AvgIpc) is 2.36. The number of Topliss-reactive ketones (excluding diaryl/α,β-unsaturated/α-hetero) is 1. The van der Waals surface area contributed by atoms with Crippen LogP contribution in [0.2, 0.25) is 0 Å². The number of anilines is 1. The maximum atomic E-state index is 13.4. The Morgan fingerprint density at radius 1 is 1.32 bits per heavy atom. The molecule has 0 fully saturated rings. The van der Waals surface area contributed by atoms with Crippen LogP contribution in [0.1, 0.15) is 15.9 Å². The molecule has 1 aromatic heterocycles. The van der Waals surface area contributed by atoms with E-state index in [0.717, 1.165) is 6.07 Å². The predicted molar refractivity (Wildman–Crippen MR) is 70.7 cm³/mol. The Labute approximate surface area is 116 Å². The maximum absolute atomic E-state index is 13.4. The number of carbonyl (C=O) groups excluding carboxylic acids is 1. The molecule has 6 heteroatoms. The molecule has 0 atom stereocenters. The number of ketones is 1. The molecule has 1 heterocycles. The van der Waals surface area contributed by atoms with E-state index in [-0.39, 0.29) is 22.2 Å². The van der Waals surface area contributed by atoms with E-state index < -0.39 is 11.6 Å². The maximum Gasteiger partial charge on any atom is 0.173 e. The van der Waals surface area contributed by atoms with Crippen molar-refractivity contribution in [3.63, 3.8) is 0 Å². The lowest BCUT2D eigenvalue weighted by Crippen LogP contribution is -2.07. The van der Waals surface area contributed by atoms with Gasteiger partial charge in [0.2, 0.25) is 0 Å². The van der Waals surface area contributed by atoms with Gasteiger partial charge in [-0.15, -0.1) is 0 Å². The topological polar surface area (TPSA) is 56.0 Å². The summed E-state index contributed by atoms with van der Waals surface area (Å²) in [6.45, 7) is 0.